The zero-order valence-electron chi connectivity index (χ0n) is 11.5. The Morgan fingerprint density at radius 2 is 1.76 bits per heavy atom. The van der Waals surface area contributed by atoms with E-state index in [0.717, 1.165) is 22.2 Å². The summed E-state index contributed by atoms with van der Waals surface area (Å²) < 4.78 is 5.20. The van der Waals surface area contributed by atoms with Crippen LogP contribution in [0.3, 0.4) is 0 Å². The summed E-state index contributed by atoms with van der Waals surface area (Å²) in [6, 6.07) is 16.6. The van der Waals surface area contributed by atoms with E-state index in [4.69, 9.17) is 4.42 Å². The Labute approximate surface area is 122 Å². The maximum absolute atomic E-state index is 11.3. The summed E-state index contributed by atoms with van der Waals surface area (Å²) in [4.78, 5) is 11.3. The molecule has 1 N–H and O–H groups in total. The minimum atomic E-state index is -0.360. The quantitative estimate of drug-likeness (QED) is 0.547. The van der Waals surface area contributed by atoms with Gasteiger partial charge in [-0.25, -0.2) is 4.79 Å². The van der Waals surface area contributed by atoms with Gasteiger partial charge in [0.25, 0.3) is 0 Å². The van der Waals surface area contributed by atoms with E-state index >= 15 is 0 Å². The summed E-state index contributed by atoms with van der Waals surface area (Å²) in [6.07, 6.45) is 0. The highest BCUT2D eigenvalue weighted by Gasteiger charge is 2.06. The van der Waals surface area contributed by atoms with Crippen LogP contribution in [0.15, 0.2) is 63.8 Å². The standard InChI is InChI=1S/C18H13NO2/c1-19-16-10-11-17-15(9-12-18(20)21-17)14(16)8-7-13-5-3-2-4-6-13/h2-6,9-12,19H,1H3. The first-order chi connectivity index (χ1) is 10.3. The molecule has 0 atom stereocenters. The molecule has 0 fully saturated rings. The van der Waals surface area contributed by atoms with Crippen LogP contribution in [-0.2, 0) is 0 Å². The first kappa shape index (κ1) is 13.0. The van der Waals surface area contributed by atoms with Crippen LogP contribution < -0.4 is 10.9 Å². The number of hydrogen-bond donors (Lipinski definition) is 1. The van der Waals surface area contributed by atoms with Crippen molar-refractivity contribution in [1.82, 2.24) is 0 Å². The molecule has 3 nitrogen and oxygen atoms in total. The lowest BCUT2D eigenvalue weighted by Gasteiger charge is -2.06. The Bertz CT molecular complexity index is 899. The van der Waals surface area contributed by atoms with Gasteiger partial charge in [0.2, 0.25) is 0 Å². The smallest absolute Gasteiger partial charge is 0.336 e. The fourth-order valence-electron chi connectivity index (χ4n) is 2.15. The first-order valence-electron chi connectivity index (χ1n) is 6.59. The lowest BCUT2D eigenvalue weighted by atomic mass is 10.1. The molecular weight excluding hydrogens is 262 g/mol. The minimum Gasteiger partial charge on any atom is -0.423 e. The zero-order valence-corrected chi connectivity index (χ0v) is 11.5. The third-order valence-corrected chi connectivity index (χ3v) is 3.18. The molecule has 0 radical (unpaired) electrons. The van der Waals surface area contributed by atoms with E-state index in [2.05, 4.69) is 17.2 Å². The molecule has 0 aliphatic carbocycles. The van der Waals surface area contributed by atoms with Crippen molar-refractivity contribution in [3.8, 4) is 11.8 Å². The normalized spacial score (nSPS) is 9.95. The fourth-order valence-corrected chi connectivity index (χ4v) is 2.15. The van der Waals surface area contributed by atoms with Crippen molar-refractivity contribution < 1.29 is 4.42 Å². The molecule has 21 heavy (non-hydrogen) atoms. The largest absolute Gasteiger partial charge is 0.423 e. The Kier molecular flexibility index (Phi) is 3.44. The maximum atomic E-state index is 11.3. The lowest BCUT2D eigenvalue weighted by molar-refractivity contribution is 0.561. The van der Waals surface area contributed by atoms with Crippen molar-refractivity contribution >= 4 is 16.7 Å². The topological polar surface area (TPSA) is 42.2 Å². The van der Waals surface area contributed by atoms with Crippen molar-refractivity contribution in [1.29, 1.82) is 0 Å². The van der Waals surface area contributed by atoms with Gasteiger partial charge >= 0.3 is 5.63 Å². The molecule has 2 aromatic carbocycles. The SMILES string of the molecule is CNc1ccc2oc(=O)ccc2c1C#Cc1ccccc1. The Morgan fingerprint density at radius 3 is 2.52 bits per heavy atom. The summed E-state index contributed by atoms with van der Waals surface area (Å²) in [5, 5.41) is 3.94. The van der Waals surface area contributed by atoms with Gasteiger partial charge in [-0.15, -0.1) is 0 Å². The first-order valence-corrected chi connectivity index (χ1v) is 6.59. The molecule has 1 heterocycles. The molecule has 0 aliphatic rings. The van der Waals surface area contributed by atoms with Gasteiger partial charge in [-0.1, -0.05) is 30.0 Å². The van der Waals surface area contributed by atoms with Crippen LogP contribution in [-0.4, -0.2) is 7.05 Å². The van der Waals surface area contributed by atoms with E-state index in [9.17, 15) is 4.79 Å². The van der Waals surface area contributed by atoms with E-state index in [1.165, 1.54) is 6.07 Å². The fraction of sp³-hybridized carbons (Fsp3) is 0.0556. The zero-order chi connectivity index (χ0) is 14.7. The van der Waals surface area contributed by atoms with E-state index in [1.807, 2.05) is 43.4 Å². The maximum Gasteiger partial charge on any atom is 0.336 e. The van der Waals surface area contributed by atoms with Crippen molar-refractivity contribution in [3.63, 3.8) is 0 Å². The van der Waals surface area contributed by atoms with Gasteiger partial charge in [-0.3, -0.25) is 0 Å². The molecule has 3 heteroatoms. The highest BCUT2D eigenvalue weighted by molar-refractivity contribution is 5.89. The van der Waals surface area contributed by atoms with E-state index in [0.29, 0.717) is 5.58 Å². The Morgan fingerprint density at radius 1 is 0.952 bits per heavy atom. The van der Waals surface area contributed by atoms with Crippen molar-refractivity contribution in [2.45, 2.75) is 0 Å². The third kappa shape index (κ3) is 2.65. The number of nitrogens with one attached hydrogen (secondary N) is 1. The molecular formula is C18H13NO2. The molecule has 3 rings (SSSR count). The molecule has 0 saturated carbocycles. The number of anilines is 1. The van der Waals surface area contributed by atoms with Gasteiger partial charge in [0.15, 0.2) is 0 Å². The van der Waals surface area contributed by atoms with Crippen LogP contribution in [0.25, 0.3) is 11.0 Å². The highest BCUT2D eigenvalue weighted by atomic mass is 16.4. The summed E-state index contributed by atoms with van der Waals surface area (Å²) in [6.45, 7) is 0. The monoisotopic (exact) mass is 275 g/mol. The number of rotatable bonds is 1. The molecule has 0 spiro atoms. The average molecular weight is 275 g/mol. The molecule has 102 valence electrons. The van der Waals surface area contributed by atoms with E-state index in [-0.39, 0.29) is 5.63 Å². The van der Waals surface area contributed by atoms with Crippen molar-refractivity contribution in [2.24, 2.45) is 0 Å². The van der Waals surface area contributed by atoms with Gasteiger partial charge < -0.3 is 9.73 Å². The summed E-state index contributed by atoms with van der Waals surface area (Å²) in [5.74, 6) is 6.30. The van der Waals surface area contributed by atoms with Gasteiger partial charge in [0.05, 0.1) is 11.3 Å². The van der Waals surface area contributed by atoms with Gasteiger partial charge in [-0.05, 0) is 30.3 Å². The van der Waals surface area contributed by atoms with E-state index in [1.54, 1.807) is 12.1 Å². The van der Waals surface area contributed by atoms with Crippen LogP contribution in [0.5, 0.6) is 0 Å². The van der Waals surface area contributed by atoms with Gasteiger partial charge in [0.1, 0.15) is 5.58 Å². The second kappa shape index (κ2) is 5.56. The van der Waals surface area contributed by atoms with Gasteiger partial charge in [-0.2, -0.15) is 0 Å². The summed E-state index contributed by atoms with van der Waals surface area (Å²) in [7, 11) is 1.84. The predicted octanol–water partition coefficient (Wildman–Crippen LogP) is 3.23. The van der Waals surface area contributed by atoms with Crippen molar-refractivity contribution in [2.75, 3.05) is 12.4 Å². The van der Waals surface area contributed by atoms with E-state index < -0.39 is 0 Å². The van der Waals surface area contributed by atoms with Gasteiger partial charge in [0, 0.05) is 24.1 Å². The Balaban J connectivity index is 2.21. The van der Waals surface area contributed by atoms with Crippen LogP contribution in [0.2, 0.25) is 0 Å². The highest BCUT2D eigenvalue weighted by Crippen LogP contribution is 2.24. The van der Waals surface area contributed by atoms with Crippen LogP contribution in [0.1, 0.15) is 11.1 Å². The lowest BCUT2D eigenvalue weighted by Crippen LogP contribution is -1.98. The van der Waals surface area contributed by atoms with Crippen LogP contribution >= 0.6 is 0 Å². The molecule has 0 amide bonds. The summed E-state index contributed by atoms with van der Waals surface area (Å²) in [5.41, 5.74) is 2.84. The Hall–Kier alpha value is -2.99. The third-order valence-electron chi connectivity index (χ3n) is 3.18. The molecule has 3 aromatic rings. The molecule has 0 unspecified atom stereocenters. The molecule has 1 aromatic heterocycles. The van der Waals surface area contributed by atoms with Crippen LogP contribution in [0, 0.1) is 11.8 Å². The second-order valence-electron chi connectivity index (χ2n) is 4.52. The minimum absolute atomic E-state index is 0.360. The predicted molar refractivity (Wildman–Crippen MR) is 84.5 cm³/mol. The van der Waals surface area contributed by atoms with Crippen LogP contribution in [0.4, 0.5) is 5.69 Å². The molecule has 0 bridgehead atoms. The second-order valence-corrected chi connectivity index (χ2v) is 4.52. The molecule has 0 aliphatic heterocycles. The number of hydrogen-bond acceptors (Lipinski definition) is 3. The average Bonchev–Trinajstić information content (AvgIpc) is 2.53. The summed E-state index contributed by atoms with van der Waals surface area (Å²) >= 11 is 0. The number of fused-ring (bicyclic) bond motifs is 1. The van der Waals surface area contributed by atoms with Crippen molar-refractivity contribution in [3.05, 3.63) is 76.1 Å². The molecule has 0 saturated heterocycles. The number of benzene rings is 2.